The maximum Gasteiger partial charge on any atom is 0.341 e. The normalized spacial score (nSPS) is 17.2. The van der Waals surface area contributed by atoms with Crippen LogP contribution in [-0.2, 0) is 19.6 Å². The molecule has 1 aliphatic heterocycles. The molecule has 2 N–H and O–H groups in total. The lowest BCUT2D eigenvalue weighted by Gasteiger charge is -2.31. The first-order chi connectivity index (χ1) is 15.6. The van der Waals surface area contributed by atoms with Gasteiger partial charge in [-0.2, -0.15) is 4.31 Å². The summed E-state index contributed by atoms with van der Waals surface area (Å²) in [6, 6.07) is 7.68. The average Bonchev–Trinajstić information content (AvgIpc) is 3.08. The van der Waals surface area contributed by atoms with E-state index in [-0.39, 0.29) is 29.5 Å². The lowest BCUT2D eigenvalue weighted by Crippen LogP contribution is -2.44. The zero-order valence-electron chi connectivity index (χ0n) is 19.9. The minimum atomic E-state index is -4.00. The summed E-state index contributed by atoms with van der Waals surface area (Å²) in [4.78, 5) is 28.3. The van der Waals surface area contributed by atoms with E-state index in [2.05, 4.69) is 24.1 Å². The minimum Gasteiger partial charge on any atom is -0.462 e. The Kier molecular flexibility index (Phi) is 7.64. The number of nitrogens with one attached hydrogen (secondary N) is 2. The van der Waals surface area contributed by atoms with Crippen molar-refractivity contribution in [2.75, 3.05) is 25.0 Å². The highest BCUT2D eigenvalue weighted by Crippen LogP contribution is 2.31. The summed E-state index contributed by atoms with van der Waals surface area (Å²) in [5.41, 5.74) is 2.72. The number of carbonyl (C=O) groups is 2. The standard InChI is InChI=1S/C24H33N3O5S/c1-6-32-24(29)21-16(4)25-17(5)22(21)33(30,31)27-13-7-8-19(14-27)23(28)26-20-11-9-18(10-12-20)15(2)3/h9-12,15,19,25H,6-8,13-14H2,1-5H3,(H,26,28)/t19-/m0/s1. The van der Waals surface area contributed by atoms with Crippen molar-refractivity contribution in [2.24, 2.45) is 5.92 Å². The van der Waals surface area contributed by atoms with E-state index >= 15 is 0 Å². The second-order valence-corrected chi connectivity index (χ2v) is 10.6. The van der Waals surface area contributed by atoms with E-state index in [1.54, 1.807) is 20.8 Å². The average molecular weight is 476 g/mol. The number of amides is 1. The quantitative estimate of drug-likeness (QED) is 0.589. The Morgan fingerprint density at radius 3 is 2.45 bits per heavy atom. The van der Waals surface area contributed by atoms with Crippen LogP contribution in [0, 0.1) is 19.8 Å². The van der Waals surface area contributed by atoms with Gasteiger partial charge in [0.15, 0.2) is 0 Å². The van der Waals surface area contributed by atoms with Crippen molar-refractivity contribution in [1.29, 1.82) is 0 Å². The van der Waals surface area contributed by atoms with Crippen LogP contribution in [0.1, 0.15) is 66.8 Å². The van der Waals surface area contributed by atoms with E-state index < -0.39 is 21.9 Å². The molecule has 0 aliphatic carbocycles. The number of aromatic amines is 1. The molecular weight excluding hydrogens is 442 g/mol. The number of anilines is 1. The van der Waals surface area contributed by atoms with Crippen molar-refractivity contribution in [3.63, 3.8) is 0 Å². The summed E-state index contributed by atoms with van der Waals surface area (Å²) in [7, 11) is -4.00. The molecule has 0 saturated carbocycles. The Bertz CT molecular complexity index is 1120. The Labute approximate surface area is 195 Å². The monoisotopic (exact) mass is 475 g/mol. The maximum atomic E-state index is 13.5. The number of H-pyrrole nitrogens is 1. The number of esters is 1. The highest BCUT2D eigenvalue weighted by Gasteiger charge is 2.38. The summed E-state index contributed by atoms with van der Waals surface area (Å²) in [5, 5.41) is 2.91. The summed E-state index contributed by atoms with van der Waals surface area (Å²) in [6.45, 7) is 9.65. The van der Waals surface area contributed by atoms with Gasteiger partial charge in [0.2, 0.25) is 15.9 Å². The van der Waals surface area contributed by atoms with Crippen molar-refractivity contribution in [3.8, 4) is 0 Å². The molecule has 0 bridgehead atoms. The number of aryl methyl sites for hydroxylation is 2. The van der Waals surface area contributed by atoms with E-state index in [0.29, 0.717) is 42.4 Å². The fraction of sp³-hybridized carbons (Fsp3) is 0.500. The van der Waals surface area contributed by atoms with Crippen molar-refractivity contribution in [3.05, 3.63) is 46.8 Å². The molecule has 0 unspecified atom stereocenters. The number of sulfonamides is 1. The van der Waals surface area contributed by atoms with Gasteiger partial charge in [0.1, 0.15) is 10.5 Å². The molecule has 3 rings (SSSR count). The molecule has 1 aromatic carbocycles. The fourth-order valence-electron chi connectivity index (χ4n) is 4.23. The lowest BCUT2D eigenvalue weighted by atomic mass is 9.98. The Morgan fingerprint density at radius 1 is 1.18 bits per heavy atom. The van der Waals surface area contributed by atoms with E-state index in [1.165, 1.54) is 9.87 Å². The van der Waals surface area contributed by atoms with Gasteiger partial charge in [-0.05, 0) is 57.2 Å². The van der Waals surface area contributed by atoms with Crippen LogP contribution in [-0.4, -0.2) is 49.3 Å². The number of carbonyl (C=O) groups excluding carboxylic acids is 2. The van der Waals surface area contributed by atoms with E-state index in [4.69, 9.17) is 4.74 Å². The van der Waals surface area contributed by atoms with Crippen molar-refractivity contribution in [1.82, 2.24) is 9.29 Å². The lowest BCUT2D eigenvalue weighted by molar-refractivity contribution is -0.120. The molecule has 33 heavy (non-hydrogen) atoms. The molecule has 0 radical (unpaired) electrons. The SMILES string of the molecule is CCOC(=O)c1c(C)[nH]c(C)c1S(=O)(=O)N1CCC[C@H](C(=O)Nc2ccc(C(C)C)cc2)C1. The fourth-order valence-corrected chi connectivity index (χ4v) is 6.17. The predicted molar refractivity (Wildman–Crippen MR) is 127 cm³/mol. The largest absolute Gasteiger partial charge is 0.462 e. The topological polar surface area (TPSA) is 109 Å². The van der Waals surface area contributed by atoms with Gasteiger partial charge in [0.05, 0.1) is 12.5 Å². The van der Waals surface area contributed by atoms with Crippen molar-refractivity contribution >= 4 is 27.6 Å². The predicted octanol–water partition coefficient (Wildman–Crippen LogP) is 3.97. The number of hydrogen-bond donors (Lipinski definition) is 2. The third kappa shape index (κ3) is 5.30. The van der Waals surface area contributed by atoms with Crippen LogP contribution in [0.25, 0.3) is 0 Å². The van der Waals surface area contributed by atoms with Crippen molar-refractivity contribution < 1.29 is 22.7 Å². The molecule has 9 heteroatoms. The number of benzene rings is 1. The van der Waals surface area contributed by atoms with Crippen molar-refractivity contribution in [2.45, 2.75) is 58.3 Å². The zero-order valence-corrected chi connectivity index (χ0v) is 20.7. The molecular formula is C24H33N3O5S. The van der Waals surface area contributed by atoms with Gasteiger partial charge < -0.3 is 15.0 Å². The smallest absolute Gasteiger partial charge is 0.341 e. The van der Waals surface area contributed by atoms with Gasteiger partial charge in [-0.1, -0.05) is 26.0 Å². The number of piperidine rings is 1. The molecule has 1 fully saturated rings. The molecule has 180 valence electrons. The first-order valence-corrected chi connectivity index (χ1v) is 12.8. The van der Waals surface area contributed by atoms with Crippen LogP contribution < -0.4 is 5.32 Å². The van der Waals surface area contributed by atoms with Crippen LogP contribution in [0.5, 0.6) is 0 Å². The van der Waals surface area contributed by atoms with Gasteiger partial charge in [-0.15, -0.1) is 0 Å². The molecule has 2 heterocycles. The number of hydrogen-bond acceptors (Lipinski definition) is 5. The number of rotatable bonds is 7. The highest BCUT2D eigenvalue weighted by atomic mass is 32.2. The van der Waals surface area contributed by atoms with E-state index in [1.807, 2.05) is 24.3 Å². The van der Waals surface area contributed by atoms with Crippen LogP contribution >= 0.6 is 0 Å². The molecule has 1 atom stereocenters. The van der Waals surface area contributed by atoms with E-state index in [9.17, 15) is 18.0 Å². The van der Waals surface area contributed by atoms with Crippen LogP contribution in [0.2, 0.25) is 0 Å². The first kappa shape index (κ1) is 25.0. The highest BCUT2D eigenvalue weighted by molar-refractivity contribution is 7.89. The summed E-state index contributed by atoms with van der Waals surface area (Å²) in [5.74, 6) is -0.967. The molecule has 1 amide bonds. The molecule has 1 aliphatic rings. The van der Waals surface area contributed by atoms with Gasteiger partial charge in [-0.25, -0.2) is 13.2 Å². The summed E-state index contributed by atoms with van der Waals surface area (Å²) in [6.07, 6.45) is 1.15. The first-order valence-electron chi connectivity index (χ1n) is 11.3. The van der Waals surface area contributed by atoms with Gasteiger partial charge in [0.25, 0.3) is 0 Å². The maximum absolute atomic E-state index is 13.5. The zero-order chi connectivity index (χ0) is 24.3. The third-order valence-corrected chi connectivity index (χ3v) is 8.03. The number of aromatic nitrogens is 1. The molecule has 1 saturated heterocycles. The molecule has 0 spiro atoms. The number of ether oxygens (including phenoxy) is 1. The Morgan fingerprint density at radius 2 is 1.85 bits per heavy atom. The summed E-state index contributed by atoms with van der Waals surface area (Å²) >= 11 is 0. The van der Waals surface area contributed by atoms with Gasteiger partial charge >= 0.3 is 5.97 Å². The molecule has 1 aromatic heterocycles. The van der Waals surface area contributed by atoms with Gasteiger partial charge in [0, 0.05) is 30.2 Å². The second kappa shape index (κ2) is 10.1. The Hall–Kier alpha value is -2.65. The third-order valence-electron chi connectivity index (χ3n) is 5.99. The Balaban J connectivity index is 1.80. The second-order valence-electron chi connectivity index (χ2n) is 8.77. The van der Waals surface area contributed by atoms with Crippen LogP contribution in [0.4, 0.5) is 5.69 Å². The van der Waals surface area contributed by atoms with Gasteiger partial charge in [-0.3, -0.25) is 4.79 Å². The number of nitrogens with zero attached hydrogens (tertiary/aromatic N) is 1. The summed E-state index contributed by atoms with van der Waals surface area (Å²) < 4.78 is 33.5. The van der Waals surface area contributed by atoms with Crippen LogP contribution in [0.3, 0.4) is 0 Å². The minimum absolute atomic E-state index is 0.0335. The molecule has 8 nitrogen and oxygen atoms in total. The van der Waals surface area contributed by atoms with Crippen LogP contribution in [0.15, 0.2) is 29.2 Å². The van der Waals surface area contributed by atoms with E-state index in [0.717, 1.165) is 0 Å². The molecule has 2 aromatic rings.